The highest BCUT2D eigenvalue weighted by Crippen LogP contribution is 2.04. The number of hydrogen-bond donors (Lipinski definition) is 1. The molecule has 0 unspecified atom stereocenters. The van der Waals surface area contributed by atoms with Crippen LogP contribution in [0.1, 0.15) is 24.6 Å². The van der Waals surface area contributed by atoms with Crippen molar-refractivity contribution in [3.05, 3.63) is 42.2 Å². The Hall–Kier alpha value is -1.23. The second kappa shape index (κ2) is 10.5. The average molecular weight is 277 g/mol. The molecule has 1 rings (SSSR count). The first-order valence-electron chi connectivity index (χ1n) is 7.26. The minimum absolute atomic E-state index is 0.729. The lowest BCUT2D eigenvalue weighted by Crippen LogP contribution is -2.27. The van der Waals surface area contributed by atoms with Gasteiger partial charge in [0.25, 0.3) is 0 Å². The Morgan fingerprint density at radius 2 is 2.30 bits per heavy atom. The van der Waals surface area contributed by atoms with Crippen LogP contribution in [0.25, 0.3) is 0 Å². The van der Waals surface area contributed by atoms with Crippen molar-refractivity contribution >= 4 is 0 Å². The molecule has 0 fully saturated rings. The van der Waals surface area contributed by atoms with E-state index in [0.717, 1.165) is 51.4 Å². The maximum Gasteiger partial charge on any atom is 0.0589 e. The zero-order valence-electron chi connectivity index (χ0n) is 12.8. The maximum atomic E-state index is 5.13. The van der Waals surface area contributed by atoms with Gasteiger partial charge >= 0.3 is 0 Å². The summed E-state index contributed by atoms with van der Waals surface area (Å²) in [6.07, 6.45) is 5.03. The summed E-state index contributed by atoms with van der Waals surface area (Å²) in [6, 6.07) is 4.25. The topological polar surface area (TPSA) is 37.4 Å². The molecule has 0 atom stereocenters. The van der Waals surface area contributed by atoms with Crippen LogP contribution in [0.15, 0.2) is 31.0 Å². The highest BCUT2D eigenvalue weighted by atomic mass is 16.5. The van der Waals surface area contributed by atoms with Gasteiger partial charge in [0.05, 0.1) is 12.3 Å². The fourth-order valence-electron chi connectivity index (χ4n) is 1.93. The Kier molecular flexibility index (Phi) is 8.87. The van der Waals surface area contributed by atoms with Crippen molar-refractivity contribution in [2.45, 2.75) is 26.4 Å². The van der Waals surface area contributed by atoms with Gasteiger partial charge in [-0.15, -0.1) is 6.58 Å². The van der Waals surface area contributed by atoms with E-state index < -0.39 is 0 Å². The minimum atomic E-state index is 0.729. The predicted octanol–water partition coefficient (Wildman–Crippen LogP) is 2.22. The van der Waals surface area contributed by atoms with Gasteiger partial charge in [-0.25, -0.2) is 0 Å². The lowest BCUT2D eigenvalue weighted by Gasteiger charge is -2.19. The molecular formula is C16H27N3O. The number of aromatic nitrogens is 1. The third kappa shape index (κ3) is 6.80. The zero-order chi connectivity index (χ0) is 14.6. The number of nitrogens with zero attached hydrogens (tertiary/aromatic N) is 2. The monoisotopic (exact) mass is 277 g/mol. The molecule has 0 amide bonds. The summed E-state index contributed by atoms with van der Waals surface area (Å²) >= 11 is 0. The maximum absolute atomic E-state index is 5.13. The first-order valence-corrected chi connectivity index (χ1v) is 7.26. The highest BCUT2D eigenvalue weighted by molar-refractivity contribution is 5.14. The van der Waals surface area contributed by atoms with Crippen molar-refractivity contribution in [1.82, 2.24) is 15.2 Å². The number of ether oxygens (including phenoxy) is 1. The summed E-state index contributed by atoms with van der Waals surface area (Å²) in [7, 11) is 1.72. The number of rotatable bonds is 11. The molecule has 4 heteroatoms. The van der Waals surface area contributed by atoms with E-state index in [1.165, 1.54) is 5.56 Å². The summed E-state index contributed by atoms with van der Waals surface area (Å²) in [4.78, 5) is 6.80. The van der Waals surface area contributed by atoms with Crippen molar-refractivity contribution in [2.75, 3.05) is 33.4 Å². The van der Waals surface area contributed by atoms with Gasteiger partial charge in [0, 0.05) is 39.5 Å². The molecule has 20 heavy (non-hydrogen) atoms. The van der Waals surface area contributed by atoms with E-state index in [9.17, 15) is 0 Å². The largest absolute Gasteiger partial charge is 0.383 e. The van der Waals surface area contributed by atoms with Crippen LogP contribution < -0.4 is 5.32 Å². The van der Waals surface area contributed by atoms with Crippen LogP contribution in [0, 0.1) is 0 Å². The van der Waals surface area contributed by atoms with E-state index in [2.05, 4.69) is 40.8 Å². The van der Waals surface area contributed by atoms with E-state index in [1.807, 2.05) is 12.3 Å². The molecule has 0 saturated heterocycles. The molecule has 1 aromatic heterocycles. The molecule has 0 bridgehead atoms. The Balaban J connectivity index is 2.46. The fourth-order valence-corrected chi connectivity index (χ4v) is 1.93. The molecule has 0 aromatic carbocycles. The fraction of sp³-hybridized carbons (Fsp3) is 0.562. The molecule has 1 aromatic rings. The molecule has 4 nitrogen and oxygen atoms in total. The first-order chi connectivity index (χ1) is 9.80. The second-order valence-corrected chi connectivity index (χ2v) is 4.85. The van der Waals surface area contributed by atoms with Gasteiger partial charge < -0.3 is 10.1 Å². The Morgan fingerprint density at radius 1 is 1.45 bits per heavy atom. The summed E-state index contributed by atoms with van der Waals surface area (Å²) in [6.45, 7) is 11.2. The molecule has 0 saturated carbocycles. The lowest BCUT2D eigenvalue weighted by atomic mass is 10.2. The van der Waals surface area contributed by atoms with Gasteiger partial charge in [-0.2, -0.15) is 0 Å². The van der Waals surface area contributed by atoms with E-state index in [1.54, 1.807) is 7.11 Å². The van der Waals surface area contributed by atoms with E-state index >= 15 is 0 Å². The van der Waals surface area contributed by atoms with Crippen molar-refractivity contribution in [3.63, 3.8) is 0 Å². The first kappa shape index (κ1) is 16.8. The van der Waals surface area contributed by atoms with Crippen LogP contribution in [0.2, 0.25) is 0 Å². The normalized spacial score (nSPS) is 10.9. The van der Waals surface area contributed by atoms with E-state index in [4.69, 9.17) is 4.74 Å². The summed E-state index contributed by atoms with van der Waals surface area (Å²) in [5.74, 6) is 0. The van der Waals surface area contributed by atoms with Crippen molar-refractivity contribution in [3.8, 4) is 0 Å². The van der Waals surface area contributed by atoms with Gasteiger partial charge in [0.15, 0.2) is 0 Å². The van der Waals surface area contributed by atoms with E-state index in [0.29, 0.717) is 0 Å². The molecule has 0 aliphatic carbocycles. The van der Waals surface area contributed by atoms with Gasteiger partial charge in [-0.1, -0.05) is 19.1 Å². The molecule has 0 radical (unpaired) electrons. The Bertz CT molecular complexity index is 364. The summed E-state index contributed by atoms with van der Waals surface area (Å²) in [5, 5.41) is 3.38. The number of nitrogens with one attached hydrogen (secondary N) is 1. The SMILES string of the molecule is C=CCN(CCOC)Cc1ccc(CNCCC)cn1. The molecular weight excluding hydrogens is 250 g/mol. The zero-order valence-corrected chi connectivity index (χ0v) is 12.8. The van der Waals surface area contributed by atoms with Crippen LogP contribution in [0.5, 0.6) is 0 Å². The van der Waals surface area contributed by atoms with Crippen molar-refractivity contribution < 1.29 is 4.74 Å². The van der Waals surface area contributed by atoms with Gasteiger partial charge in [-0.3, -0.25) is 9.88 Å². The van der Waals surface area contributed by atoms with Crippen LogP contribution in [-0.2, 0) is 17.8 Å². The van der Waals surface area contributed by atoms with Crippen LogP contribution in [0.3, 0.4) is 0 Å². The quantitative estimate of drug-likeness (QED) is 0.497. The number of pyridine rings is 1. The Labute approximate surface area is 122 Å². The van der Waals surface area contributed by atoms with E-state index in [-0.39, 0.29) is 0 Å². The molecule has 112 valence electrons. The van der Waals surface area contributed by atoms with Crippen molar-refractivity contribution in [1.29, 1.82) is 0 Å². The van der Waals surface area contributed by atoms with Crippen molar-refractivity contribution in [2.24, 2.45) is 0 Å². The Morgan fingerprint density at radius 3 is 2.90 bits per heavy atom. The minimum Gasteiger partial charge on any atom is -0.383 e. The third-order valence-electron chi connectivity index (χ3n) is 3.03. The summed E-state index contributed by atoms with van der Waals surface area (Å²) < 4.78 is 5.13. The van der Waals surface area contributed by atoms with Gasteiger partial charge in [0.2, 0.25) is 0 Å². The molecule has 0 spiro atoms. The van der Waals surface area contributed by atoms with Gasteiger partial charge in [0.1, 0.15) is 0 Å². The van der Waals surface area contributed by atoms with Crippen LogP contribution >= 0.6 is 0 Å². The third-order valence-corrected chi connectivity index (χ3v) is 3.03. The summed E-state index contributed by atoms with van der Waals surface area (Å²) in [5.41, 5.74) is 2.32. The molecule has 0 aliphatic rings. The van der Waals surface area contributed by atoms with Gasteiger partial charge in [-0.05, 0) is 24.6 Å². The molecule has 0 aliphatic heterocycles. The average Bonchev–Trinajstić information content (AvgIpc) is 2.47. The van der Waals surface area contributed by atoms with Crippen LogP contribution in [-0.4, -0.2) is 43.2 Å². The standard InChI is InChI=1S/C16H27N3O/c1-4-8-17-12-15-6-7-16(18-13-15)14-19(9-5-2)10-11-20-3/h5-7,13,17H,2,4,8-12,14H2,1,3H3. The van der Waals surface area contributed by atoms with Crippen LogP contribution in [0.4, 0.5) is 0 Å². The second-order valence-electron chi connectivity index (χ2n) is 4.85. The molecule has 1 N–H and O–H groups in total. The smallest absolute Gasteiger partial charge is 0.0589 e. The lowest BCUT2D eigenvalue weighted by molar-refractivity contribution is 0.150. The number of hydrogen-bond acceptors (Lipinski definition) is 4. The molecule has 1 heterocycles. The highest BCUT2D eigenvalue weighted by Gasteiger charge is 2.05. The number of methoxy groups -OCH3 is 1. The predicted molar refractivity (Wildman–Crippen MR) is 83.6 cm³/mol.